The molecule has 10 atom stereocenters. The van der Waals surface area contributed by atoms with Gasteiger partial charge in [-0.3, -0.25) is 0 Å². The number of hydrogen-bond acceptors (Lipinski definition) is 2. The first kappa shape index (κ1) is 23.4. The van der Waals surface area contributed by atoms with Crippen molar-refractivity contribution < 1.29 is 10.2 Å². The summed E-state index contributed by atoms with van der Waals surface area (Å²) in [5.41, 5.74) is 0.283. The summed E-state index contributed by atoms with van der Waals surface area (Å²) in [6, 6.07) is 0. The van der Waals surface area contributed by atoms with Crippen LogP contribution in [0.5, 0.6) is 0 Å². The van der Waals surface area contributed by atoms with Crippen LogP contribution < -0.4 is 0 Å². The zero-order valence-corrected chi connectivity index (χ0v) is 20.9. The lowest BCUT2D eigenvalue weighted by Crippen LogP contribution is -2.66. The summed E-state index contributed by atoms with van der Waals surface area (Å²) in [7, 11) is 0. The van der Waals surface area contributed by atoms with Gasteiger partial charge in [0.05, 0.1) is 17.1 Å². The Kier molecular flexibility index (Phi) is 6.40. The predicted molar refractivity (Wildman–Crippen MR) is 126 cm³/mol. The number of aliphatic hydroxyl groups is 2. The Morgan fingerprint density at radius 3 is 2.37 bits per heavy atom. The largest absolute Gasteiger partial charge is 0.393 e. The van der Waals surface area contributed by atoms with Gasteiger partial charge in [-0.05, 0) is 97.7 Å². The minimum absolute atomic E-state index is 0.142. The number of halogens is 1. The molecule has 174 valence electrons. The maximum Gasteiger partial charge on any atom is 0.0762 e. The standard InChI is InChI=1S/C27H47ClO2/c1-17(2)7-6-8-18(3)21-9-10-22-20-15-24(30)27(28)14-11-19(29)16-26(27,5)23(20)12-13-25(21,22)4/h17-24,29-30H,6-16H2,1-5H3/t18-,19?,20+,21-,22+,23+,24?,25-,26-,27?/m1/s1. The minimum Gasteiger partial charge on any atom is -0.393 e. The summed E-state index contributed by atoms with van der Waals surface area (Å²) in [6.45, 7) is 12.1. The summed E-state index contributed by atoms with van der Waals surface area (Å²) in [5, 5.41) is 21.8. The van der Waals surface area contributed by atoms with Gasteiger partial charge in [0, 0.05) is 0 Å². The smallest absolute Gasteiger partial charge is 0.0762 e. The summed E-state index contributed by atoms with van der Waals surface area (Å²) in [5.74, 6) is 4.31. The Morgan fingerprint density at radius 1 is 0.933 bits per heavy atom. The molecule has 30 heavy (non-hydrogen) atoms. The molecular formula is C27H47ClO2. The number of aliphatic hydroxyl groups excluding tert-OH is 2. The molecule has 0 heterocycles. The van der Waals surface area contributed by atoms with Crippen LogP contribution in [0.2, 0.25) is 0 Å². The lowest BCUT2D eigenvalue weighted by atomic mass is 9.43. The van der Waals surface area contributed by atoms with Crippen LogP contribution in [0, 0.1) is 46.3 Å². The van der Waals surface area contributed by atoms with Crippen LogP contribution in [0.1, 0.15) is 105 Å². The predicted octanol–water partition coefficient (Wildman–Crippen LogP) is 6.80. The van der Waals surface area contributed by atoms with Gasteiger partial charge in [-0.2, -0.15) is 0 Å². The Hall–Kier alpha value is 0.210. The molecule has 2 nitrogen and oxygen atoms in total. The van der Waals surface area contributed by atoms with Crippen molar-refractivity contribution in [3.63, 3.8) is 0 Å². The minimum atomic E-state index is -0.538. The second-order valence-corrected chi connectivity index (χ2v) is 13.5. The highest BCUT2D eigenvalue weighted by Crippen LogP contribution is 2.70. The average Bonchev–Trinajstić information content (AvgIpc) is 3.01. The Labute approximate surface area is 190 Å². The van der Waals surface area contributed by atoms with Crippen LogP contribution in [0.3, 0.4) is 0 Å². The molecule has 4 rings (SSSR count). The van der Waals surface area contributed by atoms with E-state index in [9.17, 15) is 10.2 Å². The van der Waals surface area contributed by atoms with Crippen molar-refractivity contribution in [2.75, 3.05) is 0 Å². The van der Waals surface area contributed by atoms with E-state index in [1.165, 1.54) is 44.9 Å². The molecule has 0 aliphatic heterocycles. The van der Waals surface area contributed by atoms with Gasteiger partial charge < -0.3 is 10.2 Å². The summed E-state index contributed by atoms with van der Waals surface area (Å²) in [6.07, 6.45) is 11.8. The second kappa shape index (κ2) is 8.21. The molecule has 0 spiro atoms. The van der Waals surface area contributed by atoms with Crippen LogP contribution >= 0.6 is 11.6 Å². The topological polar surface area (TPSA) is 40.5 Å². The van der Waals surface area contributed by atoms with E-state index in [2.05, 4.69) is 34.6 Å². The van der Waals surface area contributed by atoms with Crippen LogP contribution in [0.15, 0.2) is 0 Å². The number of hydrogen-bond donors (Lipinski definition) is 2. The first-order valence-electron chi connectivity index (χ1n) is 13.1. The number of fused-ring (bicyclic) bond motifs is 5. The molecular weight excluding hydrogens is 392 g/mol. The highest BCUT2D eigenvalue weighted by atomic mass is 35.5. The third-order valence-corrected chi connectivity index (χ3v) is 11.8. The van der Waals surface area contributed by atoms with Gasteiger partial charge in [0.1, 0.15) is 0 Å². The Balaban J connectivity index is 1.54. The zero-order chi connectivity index (χ0) is 21.9. The molecule has 3 unspecified atom stereocenters. The average molecular weight is 439 g/mol. The second-order valence-electron chi connectivity index (χ2n) is 12.8. The molecule has 0 aromatic carbocycles. The van der Waals surface area contributed by atoms with Crippen molar-refractivity contribution in [1.29, 1.82) is 0 Å². The third-order valence-electron chi connectivity index (χ3n) is 10.9. The van der Waals surface area contributed by atoms with E-state index in [4.69, 9.17) is 11.6 Å². The lowest BCUT2D eigenvalue weighted by Gasteiger charge is -2.65. The van der Waals surface area contributed by atoms with Crippen LogP contribution in [-0.4, -0.2) is 27.3 Å². The SMILES string of the molecule is CC(C)CCC[C@@H](C)[C@H]1CC[C@H]2[C@@H]3CC(O)C4(Cl)CCC(O)C[C@]4(C)[C@H]3CC[C@]12C. The number of rotatable bonds is 5. The fourth-order valence-electron chi connectivity index (χ4n) is 9.31. The van der Waals surface area contributed by atoms with Gasteiger partial charge in [0.25, 0.3) is 0 Å². The van der Waals surface area contributed by atoms with Crippen LogP contribution in [0.25, 0.3) is 0 Å². The molecule has 4 fully saturated rings. The highest BCUT2D eigenvalue weighted by molar-refractivity contribution is 6.25. The normalized spacial score (nSPS) is 51.9. The molecule has 0 amide bonds. The van der Waals surface area contributed by atoms with Crippen molar-refractivity contribution in [3.8, 4) is 0 Å². The molecule has 3 heteroatoms. The molecule has 0 radical (unpaired) electrons. The molecule has 4 saturated carbocycles. The fourth-order valence-corrected chi connectivity index (χ4v) is 9.72. The molecule has 2 N–H and O–H groups in total. The lowest BCUT2D eigenvalue weighted by molar-refractivity contribution is -0.161. The molecule has 4 aliphatic rings. The first-order valence-corrected chi connectivity index (χ1v) is 13.5. The van der Waals surface area contributed by atoms with Crippen molar-refractivity contribution in [2.45, 2.75) is 122 Å². The van der Waals surface area contributed by atoms with E-state index < -0.39 is 11.0 Å². The van der Waals surface area contributed by atoms with Crippen LogP contribution in [-0.2, 0) is 0 Å². The zero-order valence-electron chi connectivity index (χ0n) is 20.2. The van der Waals surface area contributed by atoms with Gasteiger partial charge in [-0.1, -0.05) is 53.9 Å². The Morgan fingerprint density at radius 2 is 1.67 bits per heavy atom. The summed E-state index contributed by atoms with van der Waals surface area (Å²) in [4.78, 5) is -0.538. The van der Waals surface area contributed by atoms with E-state index in [1.54, 1.807) is 0 Å². The fraction of sp³-hybridized carbons (Fsp3) is 1.00. The van der Waals surface area contributed by atoms with E-state index in [-0.39, 0.29) is 11.5 Å². The van der Waals surface area contributed by atoms with E-state index in [1.807, 2.05) is 0 Å². The Bertz CT molecular complexity index is 622. The number of alkyl halides is 1. The molecule has 0 aromatic heterocycles. The van der Waals surface area contributed by atoms with E-state index >= 15 is 0 Å². The maximum absolute atomic E-state index is 11.3. The molecule has 0 saturated heterocycles. The van der Waals surface area contributed by atoms with Gasteiger partial charge in [0.2, 0.25) is 0 Å². The quantitative estimate of drug-likeness (QED) is 0.463. The summed E-state index contributed by atoms with van der Waals surface area (Å²) < 4.78 is 0. The van der Waals surface area contributed by atoms with Crippen LogP contribution in [0.4, 0.5) is 0 Å². The monoisotopic (exact) mass is 438 g/mol. The van der Waals surface area contributed by atoms with Crippen molar-refractivity contribution in [2.24, 2.45) is 46.3 Å². The van der Waals surface area contributed by atoms with Crippen molar-refractivity contribution >= 4 is 11.6 Å². The third kappa shape index (κ3) is 3.50. The van der Waals surface area contributed by atoms with Gasteiger partial charge in [-0.15, -0.1) is 11.6 Å². The van der Waals surface area contributed by atoms with Gasteiger partial charge in [-0.25, -0.2) is 0 Å². The highest BCUT2D eigenvalue weighted by Gasteiger charge is 2.67. The summed E-state index contributed by atoms with van der Waals surface area (Å²) >= 11 is 7.23. The first-order chi connectivity index (χ1) is 14.0. The maximum atomic E-state index is 11.3. The van der Waals surface area contributed by atoms with Crippen molar-refractivity contribution in [1.82, 2.24) is 0 Å². The van der Waals surface area contributed by atoms with Gasteiger partial charge >= 0.3 is 0 Å². The molecule has 0 bridgehead atoms. The van der Waals surface area contributed by atoms with Gasteiger partial charge in [0.15, 0.2) is 0 Å². The molecule has 4 aliphatic carbocycles. The van der Waals surface area contributed by atoms with E-state index in [0.29, 0.717) is 17.3 Å². The van der Waals surface area contributed by atoms with E-state index in [0.717, 1.165) is 49.4 Å². The molecule has 0 aromatic rings. The van der Waals surface area contributed by atoms with Crippen molar-refractivity contribution in [3.05, 3.63) is 0 Å².